The number of halogens is 2. The Morgan fingerprint density at radius 2 is 2.00 bits per heavy atom. The van der Waals surface area contributed by atoms with Gasteiger partial charge in [-0.2, -0.15) is 0 Å². The molecule has 1 fully saturated rings. The highest BCUT2D eigenvalue weighted by molar-refractivity contribution is 6.39. The van der Waals surface area contributed by atoms with Crippen molar-refractivity contribution in [1.82, 2.24) is 5.32 Å². The summed E-state index contributed by atoms with van der Waals surface area (Å²) in [5.41, 5.74) is 0.00581. The number of benzene rings is 2. The fraction of sp³-hybridized carbons (Fsp3) is 0.0952. The maximum absolute atomic E-state index is 13.6. The summed E-state index contributed by atoms with van der Waals surface area (Å²) in [6, 6.07) is 6.91. The summed E-state index contributed by atoms with van der Waals surface area (Å²) in [6.45, 7) is 3.76. The molecule has 0 spiro atoms. The van der Waals surface area contributed by atoms with E-state index >= 15 is 0 Å². The third-order valence-corrected chi connectivity index (χ3v) is 4.36. The molecule has 0 unspecified atom stereocenters. The number of amides is 4. The van der Waals surface area contributed by atoms with Gasteiger partial charge in [0, 0.05) is 0 Å². The van der Waals surface area contributed by atoms with Crippen molar-refractivity contribution in [3.63, 3.8) is 0 Å². The highest BCUT2D eigenvalue weighted by Crippen LogP contribution is 2.37. The molecule has 0 aliphatic carbocycles. The topological polar surface area (TPSA) is 84.9 Å². The van der Waals surface area contributed by atoms with E-state index in [0.717, 1.165) is 6.07 Å². The van der Waals surface area contributed by atoms with Crippen molar-refractivity contribution in [2.24, 2.45) is 0 Å². The van der Waals surface area contributed by atoms with Crippen LogP contribution >= 0.6 is 11.6 Å². The third kappa shape index (κ3) is 4.18. The Bertz CT molecular complexity index is 1080. The molecule has 1 aliphatic heterocycles. The minimum atomic E-state index is -0.975. The van der Waals surface area contributed by atoms with Gasteiger partial charge >= 0.3 is 6.03 Å². The summed E-state index contributed by atoms with van der Waals surface area (Å²) < 4.78 is 24.3. The SMILES string of the molecule is C=CCOc1c(Cl)cc(/C=C2\C(=O)NC(=O)N(c3cccc(F)c3)C2=O)cc1OC. The van der Waals surface area contributed by atoms with Crippen LogP contribution in [-0.4, -0.2) is 31.6 Å². The lowest BCUT2D eigenvalue weighted by Crippen LogP contribution is -2.54. The van der Waals surface area contributed by atoms with Gasteiger partial charge in [0.05, 0.1) is 17.8 Å². The molecule has 2 aromatic rings. The quantitative estimate of drug-likeness (QED) is 0.429. The molecule has 7 nitrogen and oxygen atoms in total. The molecule has 0 bridgehead atoms. The van der Waals surface area contributed by atoms with Crippen LogP contribution in [-0.2, 0) is 9.59 Å². The van der Waals surface area contributed by atoms with Crippen LogP contribution in [0.15, 0.2) is 54.6 Å². The number of nitrogens with zero attached hydrogens (tertiary/aromatic N) is 1. The molecule has 2 aromatic carbocycles. The van der Waals surface area contributed by atoms with Crippen molar-refractivity contribution in [1.29, 1.82) is 0 Å². The highest BCUT2D eigenvalue weighted by atomic mass is 35.5. The summed E-state index contributed by atoms with van der Waals surface area (Å²) in [6.07, 6.45) is 2.79. The number of urea groups is 1. The first-order valence-corrected chi connectivity index (χ1v) is 9.01. The number of hydrogen-bond acceptors (Lipinski definition) is 5. The van der Waals surface area contributed by atoms with Gasteiger partial charge < -0.3 is 9.47 Å². The van der Waals surface area contributed by atoms with E-state index in [-0.39, 0.29) is 34.4 Å². The lowest BCUT2D eigenvalue weighted by Gasteiger charge is -2.26. The lowest BCUT2D eigenvalue weighted by atomic mass is 10.1. The van der Waals surface area contributed by atoms with Gasteiger partial charge in [0.25, 0.3) is 11.8 Å². The maximum Gasteiger partial charge on any atom is 0.335 e. The minimum absolute atomic E-state index is 0.0142. The highest BCUT2D eigenvalue weighted by Gasteiger charge is 2.37. The van der Waals surface area contributed by atoms with Gasteiger partial charge in [-0.1, -0.05) is 30.3 Å². The van der Waals surface area contributed by atoms with Gasteiger partial charge in [0.15, 0.2) is 11.5 Å². The van der Waals surface area contributed by atoms with Crippen LogP contribution < -0.4 is 19.7 Å². The number of carbonyl (C=O) groups excluding carboxylic acids is 3. The molecule has 9 heteroatoms. The molecule has 0 aromatic heterocycles. The number of barbiturate groups is 1. The summed E-state index contributed by atoms with van der Waals surface area (Å²) in [4.78, 5) is 38.0. The second kappa shape index (κ2) is 8.79. The number of rotatable bonds is 6. The van der Waals surface area contributed by atoms with E-state index in [1.54, 1.807) is 0 Å². The van der Waals surface area contributed by atoms with E-state index in [1.807, 2.05) is 0 Å². The molecule has 1 saturated heterocycles. The van der Waals surface area contributed by atoms with Crippen LogP contribution in [0.4, 0.5) is 14.9 Å². The Morgan fingerprint density at radius 1 is 1.23 bits per heavy atom. The van der Waals surface area contributed by atoms with E-state index < -0.39 is 23.7 Å². The van der Waals surface area contributed by atoms with Crippen molar-refractivity contribution in [2.75, 3.05) is 18.6 Å². The molecule has 0 radical (unpaired) electrons. The van der Waals surface area contributed by atoms with Crippen molar-refractivity contribution < 1.29 is 28.2 Å². The maximum atomic E-state index is 13.6. The number of methoxy groups -OCH3 is 1. The average Bonchev–Trinajstić information content (AvgIpc) is 2.70. The van der Waals surface area contributed by atoms with Gasteiger partial charge in [-0.3, -0.25) is 14.9 Å². The summed E-state index contributed by atoms with van der Waals surface area (Å²) in [5, 5.41) is 2.25. The van der Waals surface area contributed by atoms with E-state index in [9.17, 15) is 18.8 Å². The smallest absolute Gasteiger partial charge is 0.335 e. The predicted molar refractivity (Wildman–Crippen MR) is 109 cm³/mol. The normalized spacial score (nSPS) is 15.2. The first-order chi connectivity index (χ1) is 14.3. The van der Waals surface area contributed by atoms with Crippen LogP contribution in [0.3, 0.4) is 0 Å². The van der Waals surface area contributed by atoms with E-state index in [0.29, 0.717) is 10.5 Å². The second-order valence-corrected chi connectivity index (χ2v) is 6.48. The van der Waals surface area contributed by atoms with Crippen LogP contribution in [0.1, 0.15) is 5.56 Å². The zero-order chi connectivity index (χ0) is 21.8. The summed E-state index contributed by atoms with van der Waals surface area (Å²) in [5.74, 6) is -1.88. The molecule has 0 atom stereocenters. The fourth-order valence-corrected chi connectivity index (χ4v) is 3.05. The molecule has 30 heavy (non-hydrogen) atoms. The molecule has 4 amide bonds. The number of hydrogen-bond donors (Lipinski definition) is 1. The van der Waals surface area contributed by atoms with Gasteiger partial charge in [-0.15, -0.1) is 0 Å². The van der Waals surface area contributed by atoms with E-state index in [2.05, 4.69) is 11.9 Å². The van der Waals surface area contributed by atoms with Crippen LogP contribution in [0.2, 0.25) is 5.02 Å². The molecule has 1 heterocycles. The Balaban J connectivity index is 2.02. The van der Waals surface area contributed by atoms with Crippen LogP contribution in [0.5, 0.6) is 11.5 Å². The molecule has 3 rings (SSSR count). The first kappa shape index (κ1) is 21.1. The van der Waals surface area contributed by atoms with Gasteiger partial charge in [-0.25, -0.2) is 14.1 Å². The molecule has 1 N–H and O–H groups in total. The zero-order valence-corrected chi connectivity index (χ0v) is 16.5. The second-order valence-electron chi connectivity index (χ2n) is 6.07. The summed E-state index contributed by atoms with van der Waals surface area (Å²) in [7, 11) is 1.41. The molecular weight excluding hydrogens is 415 g/mol. The molecule has 0 saturated carbocycles. The predicted octanol–water partition coefficient (Wildman–Crippen LogP) is 3.72. The number of imide groups is 2. The lowest BCUT2D eigenvalue weighted by molar-refractivity contribution is -0.122. The van der Waals surface area contributed by atoms with Gasteiger partial charge in [-0.05, 0) is 42.0 Å². The Hall–Kier alpha value is -3.65. The molecular formula is C21H16ClFN2O5. The minimum Gasteiger partial charge on any atom is -0.493 e. The van der Waals surface area contributed by atoms with Crippen molar-refractivity contribution in [3.05, 3.63) is 71.0 Å². The third-order valence-electron chi connectivity index (χ3n) is 4.08. The van der Waals surface area contributed by atoms with E-state index in [4.69, 9.17) is 21.1 Å². The number of ether oxygens (including phenoxy) is 2. The Labute approximate surface area is 176 Å². The standard InChI is InChI=1S/C21H16ClFN2O5/c1-3-7-30-18-16(22)9-12(10-17(18)29-2)8-15-19(26)24-21(28)25(20(15)27)14-6-4-5-13(23)11-14/h3-6,8-11H,1,7H2,2H3,(H,24,26,28)/b15-8+. The number of nitrogens with one attached hydrogen (secondary N) is 1. The van der Waals surface area contributed by atoms with Gasteiger partial charge in [0.2, 0.25) is 0 Å². The monoisotopic (exact) mass is 430 g/mol. The van der Waals surface area contributed by atoms with Crippen LogP contribution in [0.25, 0.3) is 6.08 Å². The molecule has 1 aliphatic rings. The van der Waals surface area contributed by atoms with E-state index in [1.165, 1.54) is 49.6 Å². The fourth-order valence-electron chi connectivity index (χ4n) is 2.78. The largest absolute Gasteiger partial charge is 0.493 e. The number of anilines is 1. The van der Waals surface area contributed by atoms with Crippen molar-refractivity contribution in [3.8, 4) is 11.5 Å². The molecule has 154 valence electrons. The van der Waals surface area contributed by atoms with Crippen molar-refractivity contribution >= 4 is 41.2 Å². The van der Waals surface area contributed by atoms with Crippen LogP contribution in [0, 0.1) is 5.82 Å². The van der Waals surface area contributed by atoms with Crippen molar-refractivity contribution in [2.45, 2.75) is 0 Å². The first-order valence-electron chi connectivity index (χ1n) is 8.64. The zero-order valence-electron chi connectivity index (χ0n) is 15.8. The van der Waals surface area contributed by atoms with Gasteiger partial charge in [0.1, 0.15) is 18.0 Å². The number of carbonyl (C=O) groups is 3. The Kier molecular flexibility index (Phi) is 6.17. The Morgan fingerprint density at radius 3 is 2.67 bits per heavy atom. The average molecular weight is 431 g/mol. The summed E-state index contributed by atoms with van der Waals surface area (Å²) >= 11 is 6.24.